The van der Waals surface area contributed by atoms with Crippen LogP contribution in [0.1, 0.15) is 29.9 Å². The van der Waals surface area contributed by atoms with Crippen LogP contribution in [0.25, 0.3) is 0 Å². The maximum absolute atomic E-state index is 13.6. The lowest BCUT2D eigenvalue weighted by Gasteiger charge is -2.39. The first kappa shape index (κ1) is 26.9. The van der Waals surface area contributed by atoms with E-state index in [1.54, 1.807) is 29.2 Å². The van der Waals surface area contributed by atoms with Crippen molar-refractivity contribution in [2.75, 3.05) is 18.4 Å². The van der Waals surface area contributed by atoms with Crippen LogP contribution in [0.3, 0.4) is 0 Å². The van der Waals surface area contributed by atoms with Gasteiger partial charge in [0.15, 0.2) is 5.82 Å². The number of alkyl halides is 3. The Bertz CT molecular complexity index is 1220. The summed E-state index contributed by atoms with van der Waals surface area (Å²) in [6.07, 6.45) is -2.56. The number of rotatable bonds is 8. The molecule has 1 N–H and O–H groups in total. The van der Waals surface area contributed by atoms with Crippen molar-refractivity contribution in [2.24, 2.45) is 5.92 Å². The third kappa shape index (κ3) is 7.21. The summed E-state index contributed by atoms with van der Waals surface area (Å²) in [7, 11) is 0. The lowest BCUT2D eigenvalue weighted by atomic mass is 9.77. The van der Waals surface area contributed by atoms with E-state index >= 15 is 0 Å². The Morgan fingerprint density at radius 2 is 1.53 bits per heavy atom. The summed E-state index contributed by atoms with van der Waals surface area (Å²) in [6.45, 7) is 0.888. The maximum Gasteiger partial charge on any atom is 0.573 e. The molecule has 0 amide bonds. The zero-order valence-electron chi connectivity index (χ0n) is 20.0. The summed E-state index contributed by atoms with van der Waals surface area (Å²) in [5.74, 6) is -1.30. The normalized spacial score (nSPS) is 16.4. The molecule has 1 saturated heterocycles. The monoisotopic (exact) mass is 533 g/mol. The molecule has 0 saturated carbocycles. The highest BCUT2D eigenvalue weighted by molar-refractivity contribution is 5.50. The molecule has 0 spiro atoms. The van der Waals surface area contributed by atoms with E-state index in [0.717, 1.165) is 35.9 Å². The van der Waals surface area contributed by atoms with Gasteiger partial charge in [0.25, 0.3) is 6.20 Å². The number of anilines is 1. The minimum atomic E-state index is -4.83. The minimum Gasteiger partial charge on any atom is -0.406 e. The van der Waals surface area contributed by atoms with Crippen LogP contribution in [-0.2, 0) is 0 Å². The highest BCUT2D eigenvalue weighted by Gasteiger charge is 2.32. The molecular formula is C27H24F5N3O3. The highest BCUT2D eigenvalue weighted by Crippen LogP contribution is 2.38. The molecule has 1 atom stereocenters. The average Bonchev–Trinajstić information content (AvgIpc) is 2.86. The summed E-state index contributed by atoms with van der Waals surface area (Å²) in [6, 6.07) is 17.0. The van der Waals surface area contributed by atoms with Crippen LogP contribution in [0.4, 0.5) is 27.6 Å². The number of nitrogens with zero attached hydrogens (tertiary/aromatic N) is 2. The number of likely N-dealkylation sites (tertiary alicyclic amines) is 1. The van der Waals surface area contributed by atoms with Gasteiger partial charge < -0.3 is 15.0 Å². The van der Waals surface area contributed by atoms with Crippen molar-refractivity contribution in [1.29, 1.82) is 0 Å². The van der Waals surface area contributed by atoms with E-state index in [4.69, 9.17) is 0 Å². The van der Waals surface area contributed by atoms with Gasteiger partial charge in [-0.2, -0.15) is 0 Å². The first-order valence-electron chi connectivity index (χ1n) is 11.8. The molecule has 6 nitrogen and oxygen atoms in total. The summed E-state index contributed by atoms with van der Waals surface area (Å²) >= 11 is 0. The Morgan fingerprint density at radius 1 is 0.974 bits per heavy atom. The van der Waals surface area contributed by atoms with Crippen LogP contribution < -0.4 is 10.1 Å². The van der Waals surface area contributed by atoms with Gasteiger partial charge in [0.2, 0.25) is 0 Å². The molecule has 3 aromatic carbocycles. The van der Waals surface area contributed by atoms with Crippen molar-refractivity contribution in [1.82, 2.24) is 4.90 Å². The molecule has 0 aromatic heterocycles. The van der Waals surface area contributed by atoms with Crippen LogP contribution >= 0.6 is 0 Å². The summed E-state index contributed by atoms with van der Waals surface area (Å²) in [5, 5.41) is 14.4. The predicted molar refractivity (Wildman–Crippen MR) is 131 cm³/mol. The first-order chi connectivity index (χ1) is 18.1. The summed E-state index contributed by atoms with van der Waals surface area (Å²) in [5.41, 5.74) is 2.00. The molecule has 0 bridgehead atoms. The van der Waals surface area contributed by atoms with E-state index in [2.05, 4.69) is 10.1 Å². The molecule has 11 heteroatoms. The number of nitrogens with one attached hydrogen (secondary N) is 1. The first-order valence-corrected chi connectivity index (χ1v) is 11.8. The number of ether oxygens (including phenoxy) is 1. The topological polar surface area (TPSA) is 67.6 Å². The number of halogens is 5. The van der Waals surface area contributed by atoms with E-state index in [0.29, 0.717) is 25.2 Å². The van der Waals surface area contributed by atoms with E-state index in [-0.39, 0.29) is 29.3 Å². The average molecular weight is 533 g/mol. The van der Waals surface area contributed by atoms with E-state index < -0.39 is 17.0 Å². The van der Waals surface area contributed by atoms with Crippen LogP contribution in [0, 0.1) is 27.7 Å². The van der Waals surface area contributed by atoms with Crippen LogP contribution in [0.2, 0.25) is 0 Å². The Morgan fingerprint density at radius 3 is 2.03 bits per heavy atom. The van der Waals surface area contributed by atoms with Gasteiger partial charge in [-0.15, -0.1) is 13.2 Å². The number of hydrogen-bond acceptors (Lipinski definition) is 5. The molecule has 1 fully saturated rings. The summed E-state index contributed by atoms with van der Waals surface area (Å²) < 4.78 is 68.5. The van der Waals surface area contributed by atoms with Crippen molar-refractivity contribution in [3.05, 3.63) is 118 Å². The highest BCUT2D eigenvalue weighted by atomic mass is 19.4. The fourth-order valence-electron chi connectivity index (χ4n) is 4.76. The second kappa shape index (κ2) is 11.5. The second-order valence-electron chi connectivity index (χ2n) is 8.93. The lowest BCUT2D eigenvalue weighted by molar-refractivity contribution is -0.404. The second-order valence-corrected chi connectivity index (χ2v) is 8.93. The summed E-state index contributed by atoms with van der Waals surface area (Å²) in [4.78, 5) is 12.6. The van der Waals surface area contributed by atoms with Gasteiger partial charge in [0, 0.05) is 24.7 Å². The Balaban J connectivity index is 1.59. The van der Waals surface area contributed by atoms with Gasteiger partial charge in [-0.3, -0.25) is 10.1 Å². The molecular weight excluding hydrogens is 509 g/mol. The molecule has 1 aliphatic rings. The third-order valence-corrected chi connectivity index (χ3v) is 6.32. The fraction of sp³-hybridized carbons (Fsp3) is 0.259. The molecule has 0 radical (unpaired) electrons. The van der Waals surface area contributed by atoms with Gasteiger partial charge in [-0.25, -0.2) is 8.78 Å². The van der Waals surface area contributed by atoms with E-state index in [1.165, 1.54) is 36.4 Å². The number of benzene rings is 3. The van der Waals surface area contributed by atoms with Gasteiger partial charge in [0.1, 0.15) is 17.4 Å². The zero-order chi connectivity index (χ0) is 27.3. The Hall–Kier alpha value is -4.15. The van der Waals surface area contributed by atoms with E-state index in [1.807, 2.05) is 0 Å². The Kier molecular flexibility index (Phi) is 8.13. The molecule has 0 aliphatic carbocycles. The minimum absolute atomic E-state index is 0.0563. The lowest BCUT2D eigenvalue weighted by Crippen LogP contribution is -2.39. The Labute approximate surface area is 215 Å². The smallest absolute Gasteiger partial charge is 0.406 e. The quantitative estimate of drug-likeness (QED) is 0.194. The predicted octanol–water partition coefficient (Wildman–Crippen LogP) is 6.90. The van der Waals surface area contributed by atoms with E-state index in [9.17, 15) is 32.1 Å². The van der Waals surface area contributed by atoms with Crippen molar-refractivity contribution in [3.8, 4) is 5.75 Å². The van der Waals surface area contributed by atoms with Gasteiger partial charge in [-0.1, -0.05) is 24.3 Å². The zero-order valence-corrected chi connectivity index (χ0v) is 20.0. The molecule has 38 heavy (non-hydrogen) atoms. The van der Waals surface area contributed by atoms with Crippen molar-refractivity contribution in [2.45, 2.75) is 25.1 Å². The molecule has 200 valence electrons. The maximum atomic E-state index is 13.6. The van der Waals surface area contributed by atoms with Gasteiger partial charge in [-0.05, 0) is 78.4 Å². The molecule has 1 aliphatic heterocycles. The van der Waals surface area contributed by atoms with Crippen molar-refractivity contribution < 1.29 is 31.6 Å². The molecule has 4 rings (SSSR count). The molecule has 1 heterocycles. The molecule has 3 aromatic rings. The van der Waals surface area contributed by atoms with Crippen molar-refractivity contribution in [3.63, 3.8) is 0 Å². The van der Waals surface area contributed by atoms with Crippen LogP contribution in [0.5, 0.6) is 5.75 Å². The standard InChI is InChI=1S/C27H24F5N3O3/c28-21-7-3-18(4-8-21)26(19-5-9-22(29)10-6-19)20-2-1-15-34(16-20)25(17-35(36)37)33-23-11-13-24(14-12-23)38-27(30,31)32/h3-14,17,20,26,33H,1-2,15-16H2. The number of hydrogen-bond donors (Lipinski definition) is 1. The van der Waals surface area contributed by atoms with Gasteiger partial charge >= 0.3 is 6.36 Å². The fourth-order valence-corrected chi connectivity index (χ4v) is 4.76. The molecule has 1 unspecified atom stereocenters. The van der Waals surface area contributed by atoms with Gasteiger partial charge in [0.05, 0.1) is 4.92 Å². The van der Waals surface area contributed by atoms with Crippen LogP contribution in [-0.4, -0.2) is 29.3 Å². The third-order valence-electron chi connectivity index (χ3n) is 6.32. The SMILES string of the molecule is O=[N+]([O-])C=C(Nc1ccc(OC(F)(F)F)cc1)N1CCCC(C(c2ccc(F)cc2)c2ccc(F)cc2)C1. The largest absolute Gasteiger partial charge is 0.573 e. The number of piperidine rings is 1. The number of nitro groups is 1. The van der Waals surface area contributed by atoms with Crippen molar-refractivity contribution >= 4 is 5.69 Å². The van der Waals surface area contributed by atoms with Crippen LogP contribution in [0.15, 0.2) is 84.8 Å².